The lowest BCUT2D eigenvalue weighted by Crippen LogP contribution is -2.30. The molecule has 2 heterocycles. The average molecular weight is 343 g/mol. The van der Waals surface area contributed by atoms with Gasteiger partial charge in [0.25, 0.3) is 0 Å². The molecular weight excluding hydrogens is 318 g/mol. The first-order chi connectivity index (χ1) is 12.2. The second-order valence-corrected chi connectivity index (χ2v) is 6.48. The summed E-state index contributed by atoms with van der Waals surface area (Å²) in [6, 6.07) is 9.68. The minimum atomic E-state index is -0.270. The van der Waals surface area contributed by atoms with Crippen LogP contribution in [0.15, 0.2) is 34.9 Å². The Morgan fingerprint density at radius 3 is 2.56 bits per heavy atom. The Labute approximate surface area is 148 Å². The number of carbonyl (C=O) groups is 1. The molecule has 0 aliphatic carbocycles. The van der Waals surface area contributed by atoms with E-state index >= 15 is 0 Å². The second kappa shape index (κ2) is 8.27. The van der Waals surface area contributed by atoms with Gasteiger partial charge in [-0.2, -0.15) is 0 Å². The van der Waals surface area contributed by atoms with Crippen LogP contribution < -0.4 is 0 Å². The molecule has 6 nitrogen and oxygen atoms in total. The molecule has 0 radical (unpaired) electrons. The molecule has 1 saturated heterocycles. The van der Waals surface area contributed by atoms with Crippen molar-refractivity contribution in [3.8, 4) is 0 Å². The van der Waals surface area contributed by atoms with E-state index in [0.717, 1.165) is 62.7 Å². The molecule has 25 heavy (non-hydrogen) atoms. The molecule has 1 aliphatic rings. The lowest BCUT2D eigenvalue weighted by Gasteiger charge is -2.22. The van der Waals surface area contributed by atoms with E-state index in [9.17, 15) is 4.79 Å². The molecule has 1 fully saturated rings. The molecule has 1 aromatic carbocycles. The fraction of sp³-hybridized carbons (Fsp3) is 0.474. The van der Waals surface area contributed by atoms with E-state index in [1.54, 1.807) is 0 Å². The van der Waals surface area contributed by atoms with Crippen LogP contribution in [0, 0.1) is 6.92 Å². The quantitative estimate of drug-likeness (QED) is 0.778. The van der Waals surface area contributed by atoms with Crippen molar-refractivity contribution < 1.29 is 14.1 Å². The van der Waals surface area contributed by atoms with Gasteiger partial charge in [-0.3, -0.25) is 9.80 Å². The van der Waals surface area contributed by atoms with Gasteiger partial charge in [0.1, 0.15) is 5.76 Å². The van der Waals surface area contributed by atoms with Crippen molar-refractivity contribution in [1.29, 1.82) is 0 Å². The highest BCUT2D eigenvalue weighted by Crippen LogP contribution is 2.15. The zero-order valence-electron chi connectivity index (χ0n) is 14.9. The van der Waals surface area contributed by atoms with Gasteiger partial charge in [0, 0.05) is 32.2 Å². The Hall–Kier alpha value is -2.18. The minimum Gasteiger partial charge on any atom is -0.465 e. The molecule has 0 amide bonds. The van der Waals surface area contributed by atoms with Crippen LogP contribution in [0.4, 0.5) is 0 Å². The Bertz CT molecular complexity index is 713. The summed E-state index contributed by atoms with van der Waals surface area (Å²) < 4.78 is 10.0. The summed E-state index contributed by atoms with van der Waals surface area (Å²) in [6.45, 7) is 7.51. The first-order valence-electron chi connectivity index (χ1n) is 8.69. The molecule has 0 atom stereocenters. The summed E-state index contributed by atoms with van der Waals surface area (Å²) in [7, 11) is 1.43. The number of benzene rings is 1. The van der Waals surface area contributed by atoms with Gasteiger partial charge in [0.15, 0.2) is 0 Å². The molecule has 0 spiro atoms. The van der Waals surface area contributed by atoms with Gasteiger partial charge in [0.2, 0.25) is 0 Å². The maximum absolute atomic E-state index is 11.9. The summed E-state index contributed by atoms with van der Waals surface area (Å²) in [6.07, 6.45) is 1.09. The van der Waals surface area contributed by atoms with Gasteiger partial charge in [-0.05, 0) is 38.1 Å². The summed E-state index contributed by atoms with van der Waals surface area (Å²) in [5, 5.41) is 4.09. The standard InChI is InChI=1S/C19H25N3O3/c1-15-12-17(20-25-15)14-22-9-5-8-21(10-11-22)13-16-6-3-4-7-18(16)19(23)24-2/h3-4,6-7,12H,5,8-11,13-14H2,1-2H3. The largest absolute Gasteiger partial charge is 0.465 e. The third-order valence-electron chi connectivity index (χ3n) is 4.56. The highest BCUT2D eigenvalue weighted by Gasteiger charge is 2.18. The van der Waals surface area contributed by atoms with E-state index in [1.807, 2.05) is 37.3 Å². The topological polar surface area (TPSA) is 58.8 Å². The fourth-order valence-electron chi connectivity index (χ4n) is 3.27. The van der Waals surface area contributed by atoms with Crippen LogP contribution in [0.5, 0.6) is 0 Å². The maximum Gasteiger partial charge on any atom is 0.338 e. The van der Waals surface area contributed by atoms with Crippen molar-refractivity contribution in [2.45, 2.75) is 26.4 Å². The predicted molar refractivity (Wildman–Crippen MR) is 94.2 cm³/mol. The molecule has 0 unspecified atom stereocenters. The van der Waals surface area contributed by atoms with Crippen LogP contribution >= 0.6 is 0 Å². The van der Waals surface area contributed by atoms with E-state index < -0.39 is 0 Å². The highest BCUT2D eigenvalue weighted by molar-refractivity contribution is 5.90. The Morgan fingerprint density at radius 2 is 1.88 bits per heavy atom. The lowest BCUT2D eigenvalue weighted by molar-refractivity contribution is 0.0598. The molecular formula is C19H25N3O3. The number of hydrogen-bond donors (Lipinski definition) is 0. The number of ether oxygens (including phenoxy) is 1. The van der Waals surface area contributed by atoms with E-state index in [0.29, 0.717) is 5.56 Å². The van der Waals surface area contributed by atoms with E-state index in [1.165, 1.54) is 7.11 Å². The SMILES string of the molecule is COC(=O)c1ccccc1CN1CCCN(Cc2cc(C)on2)CC1. The van der Waals surface area contributed by atoms with Crippen molar-refractivity contribution in [2.75, 3.05) is 33.3 Å². The molecule has 0 N–H and O–H groups in total. The smallest absolute Gasteiger partial charge is 0.338 e. The van der Waals surface area contributed by atoms with Crippen LogP contribution in [0.25, 0.3) is 0 Å². The lowest BCUT2D eigenvalue weighted by atomic mass is 10.1. The van der Waals surface area contributed by atoms with Crippen molar-refractivity contribution in [2.24, 2.45) is 0 Å². The van der Waals surface area contributed by atoms with Crippen LogP contribution in [0.2, 0.25) is 0 Å². The van der Waals surface area contributed by atoms with E-state index in [2.05, 4.69) is 15.0 Å². The predicted octanol–water partition coefficient (Wildman–Crippen LogP) is 2.48. The first kappa shape index (κ1) is 17.6. The molecule has 1 aliphatic heterocycles. The van der Waals surface area contributed by atoms with Crippen LogP contribution in [0.3, 0.4) is 0 Å². The minimum absolute atomic E-state index is 0.270. The molecule has 0 bridgehead atoms. The molecule has 0 saturated carbocycles. The number of aryl methyl sites for hydroxylation is 1. The number of methoxy groups -OCH3 is 1. The molecule has 1 aromatic heterocycles. The number of rotatable bonds is 5. The summed E-state index contributed by atoms with van der Waals surface area (Å²) >= 11 is 0. The van der Waals surface area contributed by atoms with Crippen molar-refractivity contribution in [1.82, 2.24) is 15.0 Å². The van der Waals surface area contributed by atoms with E-state index in [4.69, 9.17) is 9.26 Å². The monoisotopic (exact) mass is 343 g/mol. The van der Waals surface area contributed by atoms with Gasteiger partial charge >= 0.3 is 5.97 Å². The van der Waals surface area contributed by atoms with Gasteiger partial charge in [0.05, 0.1) is 18.4 Å². The number of hydrogen-bond acceptors (Lipinski definition) is 6. The second-order valence-electron chi connectivity index (χ2n) is 6.48. The number of esters is 1. The van der Waals surface area contributed by atoms with Gasteiger partial charge in [-0.25, -0.2) is 4.79 Å². The summed E-state index contributed by atoms with van der Waals surface area (Å²) in [4.78, 5) is 16.7. The average Bonchev–Trinajstić information content (AvgIpc) is 2.90. The Morgan fingerprint density at radius 1 is 1.16 bits per heavy atom. The molecule has 134 valence electrons. The zero-order valence-corrected chi connectivity index (χ0v) is 14.9. The summed E-state index contributed by atoms with van der Waals surface area (Å²) in [5.41, 5.74) is 2.67. The number of carbonyl (C=O) groups excluding carboxylic acids is 1. The third-order valence-corrected chi connectivity index (χ3v) is 4.56. The highest BCUT2D eigenvalue weighted by atomic mass is 16.5. The van der Waals surface area contributed by atoms with Gasteiger partial charge in [-0.1, -0.05) is 23.4 Å². The molecule has 6 heteroatoms. The third kappa shape index (κ3) is 4.67. The van der Waals surface area contributed by atoms with Gasteiger partial charge in [-0.15, -0.1) is 0 Å². The normalized spacial score (nSPS) is 16.6. The van der Waals surface area contributed by atoms with E-state index in [-0.39, 0.29) is 5.97 Å². The zero-order chi connectivity index (χ0) is 17.6. The van der Waals surface area contributed by atoms with Crippen LogP contribution in [0.1, 0.15) is 33.8 Å². The fourth-order valence-corrected chi connectivity index (χ4v) is 3.27. The van der Waals surface area contributed by atoms with Crippen molar-refractivity contribution >= 4 is 5.97 Å². The molecule has 2 aromatic rings. The number of nitrogens with zero attached hydrogens (tertiary/aromatic N) is 3. The first-order valence-corrected chi connectivity index (χ1v) is 8.69. The summed E-state index contributed by atoms with van der Waals surface area (Å²) in [5.74, 6) is 0.583. The number of aromatic nitrogens is 1. The maximum atomic E-state index is 11.9. The van der Waals surface area contributed by atoms with Crippen LogP contribution in [-0.2, 0) is 17.8 Å². The van der Waals surface area contributed by atoms with Crippen molar-refractivity contribution in [3.63, 3.8) is 0 Å². The Kier molecular flexibility index (Phi) is 5.83. The van der Waals surface area contributed by atoms with Gasteiger partial charge < -0.3 is 9.26 Å². The van der Waals surface area contributed by atoms with Crippen LogP contribution in [-0.4, -0.2) is 54.2 Å². The Balaban J connectivity index is 1.59. The molecule has 3 rings (SSSR count). The van der Waals surface area contributed by atoms with Crippen molar-refractivity contribution in [3.05, 3.63) is 52.9 Å².